The molecule has 0 spiro atoms. The second-order valence-electron chi connectivity index (χ2n) is 4.63. The minimum Gasteiger partial charge on any atom is -0.496 e. The maximum absolute atomic E-state index is 10.3. The highest BCUT2D eigenvalue weighted by molar-refractivity contribution is 5.33. The molecule has 0 saturated heterocycles. The van der Waals surface area contributed by atoms with Gasteiger partial charge in [-0.1, -0.05) is 30.4 Å². The lowest BCUT2D eigenvalue weighted by molar-refractivity contribution is 0.101. The van der Waals surface area contributed by atoms with E-state index in [1.807, 2.05) is 24.3 Å². The van der Waals surface area contributed by atoms with E-state index in [1.54, 1.807) is 7.11 Å². The van der Waals surface area contributed by atoms with Crippen molar-refractivity contribution in [3.8, 4) is 5.75 Å². The van der Waals surface area contributed by atoms with Gasteiger partial charge in [0.25, 0.3) is 0 Å². The minimum absolute atomic E-state index is 0.267. The lowest BCUT2D eigenvalue weighted by atomic mass is 9.86. The van der Waals surface area contributed by atoms with E-state index in [1.165, 1.54) is 0 Å². The number of allylic oxidation sites excluding steroid dienone is 2. The Morgan fingerprint density at radius 3 is 2.88 bits per heavy atom. The molecule has 0 saturated carbocycles. The van der Waals surface area contributed by atoms with Gasteiger partial charge in [-0.3, -0.25) is 0 Å². The molecule has 2 nitrogen and oxygen atoms in total. The van der Waals surface area contributed by atoms with Gasteiger partial charge >= 0.3 is 0 Å². The number of para-hydroxylation sites is 1. The lowest BCUT2D eigenvalue weighted by Gasteiger charge is -2.24. The van der Waals surface area contributed by atoms with E-state index in [0.29, 0.717) is 12.3 Å². The van der Waals surface area contributed by atoms with Crippen LogP contribution in [0.4, 0.5) is 0 Å². The molecular weight excluding hydrogens is 212 g/mol. The molecule has 1 aliphatic rings. The summed E-state index contributed by atoms with van der Waals surface area (Å²) in [6.45, 7) is 0. The smallest absolute Gasteiger partial charge is 0.122 e. The third kappa shape index (κ3) is 3.10. The molecule has 1 aliphatic carbocycles. The van der Waals surface area contributed by atoms with E-state index in [-0.39, 0.29) is 6.10 Å². The molecule has 0 bridgehead atoms. The largest absolute Gasteiger partial charge is 0.496 e. The fourth-order valence-corrected chi connectivity index (χ4v) is 2.43. The molecule has 1 aromatic carbocycles. The number of methoxy groups -OCH3 is 1. The third-order valence-electron chi connectivity index (χ3n) is 3.48. The number of hydrogen-bond donors (Lipinski definition) is 1. The van der Waals surface area contributed by atoms with E-state index in [4.69, 9.17) is 4.74 Å². The predicted octanol–water partition coefficient (Wildman–Crippen LogP) is 2.95. The topological polar surface area (TPSA) is 29.5 Å². The Hall–Kier alpha value is -1.28. The van der Waals surface area contributed by atoms with Crippen molar-refractivity contribution >= 4 is 0 Å². The summed E-state index contributed by atoms with van der Waals surface area (Å²) in [4.78, 5) is 0. The SMILES string of the molecule is COc1ccccc1CC(O)C1CC=CCC1. The fraction of sp³-hybridized carbons (Fsp3) is 0.467. The molecule has 2 unspecified atom stereocenters. The van der Waals surface area contributed by atoms with Crippen LogP contribution in [0.1, 0.15) is 24.8 Å². The Kier molecular flexibility index (Phi) is 4.21. The standard InChI is InChI=1S/C15H20O2/c1-17-15-10-6-5-9-13(15)11-14(16)12-7-3-2-4-8-12/h2-3,5-6,9-10,12,14,16H,4,7-8,11H2,1H3. The molecule has 0 aliphatic heterocycles. The van der Waals surface area contributed by atoms with Gasteiger partial charge in [-0.25, -0.2) is 0 Å². The number of aliphatic hydroxyl groups excluding tert-OH is 1. The van der Waals surface area contributed by atoms with Crippen molar-refractivity contribution in [2.45, 2.75) is 31.8 Å². The Bertz CT molecular complexity index is 384. The number of rotatable bonds is 4. The van der Waals surface area contributed by atoms with Crippen molar-refractivity contribution in [1.29, 1.82) is 0 Å². The highest BCUT2D eigenvalue weighted by Crippen LogP contribution is 2.26. The number of benzene rings is 1. The summed E-state index contributed by atoms with van der Waals surface area (Å²) in [5.74, 6) is 1.27. The number of ether oxygens (including phenoxy) is 1. The molecule has 0 heterocycles. The molecule has 0 amide bonds. The molecular formula is C15H20O2. The highest BCUT2D eigenvalue weighted by atomic mass is 16.5. The quantitative estimate of drug-likeness (QED) is 0.809. The monoisotopic (exact) mass is 232 g/mol. The van der Waals surface area contributed by atoms with Gasteiger partial charge in [-0.15, -0.1) is 0 Å². The van der Waals surface area contributed by atoms with Crippen molar-refractivity contribution in [3.05, 3.63) is 42.0 Å². The summed E-state index contributed by atoms with van der Waals surface area (Å²) < 4.78 is 5.31. The Balaban J connectivity index is 2.01. The number of aliphatic hydroxyl groups is 1. The van der Waals surface area contributed by atoms with Crippen molar-refractivity contribution in [3.63, 3.8) is 0 Å². The van der Waals surface area contributed by atoms with Crippen LogP contribution in [0.3, 0.4) is 0 Å². The minimum atomic E-state index is -0.267. The van der Waals surface area contributed by atoms with Gasteiger partial charge in [0, 0.05) is 6.42 Å². The first-order chi connectivity index (χ1) is 8.31. The molecule has 92 valence electrons. The van der Waals surface area contributed by atoms with Crippen LogP contribution >= 0.6 is 0 Å². The molecule has 0 fully saturated rings. The second-order valence-corrected chi connectivity index (χ2v) is 4.63. The van der Waals surface area contributed by atoms with Gasteiger partial charge < -0.3 is 9.84 Å². The summed E-state index contributed by atoms with van der Waals surface area (Å²) >= 11 is 0. The van der Waals surface area contributed by atoms with Crippen LogP contribution < -0.4 is 4.74 Å². The van der Waals surface area contributed by atoms with Crippen LogP contribution in [0, 0.1) is 5.92 Å². The molecule has 2 atom stereocenters. The average molecular weight is 232 g/mol. The van der Waals surface area contributed by atoms with Crippen LogP contribution in [0.15, 0.2) is 36.4 Å². The zero-order valence-corrected chi connectivity index (χ0v) is 10.3. The van der Waals surface area contributed by atoms with Crippen molar-refractivity contribution in [2.75, 3.05) is 7.11 Å². The third-order valence-corrected chi connectivity index (χ3v) is 3.48. The molecule has 17 heavy (non-hydrogen) atoms. The number of hydrogen-bond acceptors (Lipinski definition) is 2. The maximum atomic E-state index is 10.3. The fourth-order valence-electron chi connectivity index (χ4n) is 2.43. The molecule has 1 aromatic rings. The average Bonchev–Trinajstić information content (AvgIpc) is 2.40. The summed E-state index contributed by atoms with van der Waals surface area (Å²) in [7, 11) is 1.68. The van der Waals surface area contributed by atoms with Crippen molar-refractivity contribution in [1.82, 2.24) is 0 Å². The molecule has 0 aromatic heterocycles. The van der Waals surface area contributed by atoms with E-state index < -0.39 is 0 Å². The van der Waals surface area contributed by atoms with Gasteiger partial charge in [-0.05, 0) is 36.8 Å². The maximum Gasteiger partial charge on any atom is 0.122 e. The lowest BCUT2D eigenvalue weighted by Crippen LogP contribution is -2.23. The zero-order chi connectivity index (χ0) is 12.1. The summed E-state index contributed by atoms with van der Waals surface area (Å²) in [6.07, 6.45) is 7.97. The Morgan fingerprint density at radius 2 is 2.18 bits per heavy atom. The van der Waals surface area contributed by atoms with Gasteiger partial charge in [0.05, 0.1) is 13.2 Å². The molecule has 0 radical (unpaired) electrons. The van der Waals surface area contributed by atoms with Crippen molar-refractivity contribution < 1.29 is 9.84 Å². The van der Waals surface area contributed by atoms with Crippen LogP contribution in [0.5, 0.6) is 5.75 Å². The van der Waals surface area contributed by atoms with Gasteiger partial charge in [0.15, 0.2) is 0 Å². The molecule has 2 rings (SSSR count). The summed E-state index contributed by atoms with van der Waals surface area (Å²) in [5.41, 5.74) is 1.09. The molecule has 1 N–H and O–H groups in total. The molecule has 2 heteroatoms. The van der Waals surface area contributed by atoms with E-state index in [2.05, 4.69) is 12.2 Å². The highest BCUT2D eigenvalue weighted by Gasteiger charge is 2.20. The zero-order valence-electron chi connectivity index (χ0n) is 10.3. The van der Waals surface area contributed by atoms with Crippen LogP contribution in [0.2, 0.25) is 0 Å². The van der Waals surface area contributed by atoms with Crippen LogP contribution in [0.25, 0.3) is 0 Å². The van der Waals surface area contributed by atoms with E-state index >= 15 is 0 Å². The summed E-state index contributed by atoms with van der Waals surface area (Å²) in [6, 6.07) is 7.92. The Labute approximate surface area is 103 Å². The van der Waals surface area contributed by atoms with Gasteiger partial charge in [-0.2, -0.15) is 0 Å². The van der Waals surface area contributed by atoms with E-state index in [9.17, 15) is 5.11 Å². The second kappa shape index (κ2) is 5.87. The summed E-state index contributed by atoms with van der Waals surface area (Å²) in [5, 5.41) is 10.3. The van der Waals surface area contributed by atoms with Crippen LogP contribution in [-0.2, 0) is 6.42 Å². The van der Waals surface area contributed by atoms with Crippen LogP contribution in [-0.4, -0.2) is 18.3 Å². The first-order valence-electron chi connectivity index (χ1n) is 6.26. The Morgan fingerprint density at radius 1 is 1.35 bits per heavy atom. The van der Waals surface area contributed by atoms with Gasteiger partial charge in [0.1, 0.15) is 5.75 Å². The first-order valence-corrected chi connectivity index (χ1v) is 6.26. The van der Waals surface area contributed by atoms with Crippen molar-refractivity contribution in [2.24, 2.45) is 5.92 Å². The first kappa shape index (κ1) is 12.2. The normalized spacial score (nSPS) is 21.2. The predicted molar refractivity (Wildman–Crippen MR) is 69.2 cm³/mol. The van der Waals surface area contributed by atoms with E-state index in [0.717, 1.165) is 30.6 Å². The van der Waals surface area contributed by atoms with Gasteiger partial charge in [0.2, 0.25) is 0 Å².